The van der Waals surface area contributed by atoms with Crippen LogP contribution in [0.1, 0.15) is 22.0 Å². The number of fused-ring (bicyclic) bond motifs is 1. The molecule has 0 aliphatic carbocycles. The Kier molecular flexibility index (Phi) is 3.61. The fourth-order valence-electron chi connectivity index (χ4n) is 2.21. The highest BCUT2D eigenvalue weighted by Crippen LogP contribution is 2.22. The molecule has 23 heavy (non-hydrogen) atoms. The summed E-state index contributed by atoms with van der Waals surface area (Å²) in [6, 6.07) is 5.96. The zero-order valence-electron chi connectivity index (χ0n) is 12.8. The summed E-state index contributed by atoms with van der Waals surface area (Å²) in [7, 11) is 1.51. The van der Waals surface area contributed by atoms with Gasteiger partial charge in [0.15, 0.2) is 16.9 Å². The molecule has 0 unspecified atom stereocenters. The predicted octanol–water partition coefficient (Wildman–Crippen LogP) is 2.66. The van der Waals surface area contributed by atoms with Crippen molar-refractivity contribution in [1.29, 1.82) is 0 Å². The third kappa shape index (κ3) is 2.68. The van der Waals surface area contributed by atoms with Crippen LogP contribution in [-0.4, -0.2) is 18.2 Å². The summed E-state index contributed by atoms with van der Waals surface area (Å²) in [6.45, 7) is 3.38. The van der Waals surface area contributed by atoms with E-state index in [1.807, 2.05) is 0 Å². The van der Waals surface area contributed by atoms with E-state index in [2.05, 4.69) is 10.5 Å². The van der Waals surface area contributed by atoms with Gasteiger partial charge in [-0.3, -0.25) is 9.59 Å². The lowest BCUT2D eigenvalue weighted by atomic mass is 10.2. The van der Waals surface area contributed by atoms with Gasteiger partial charge >= 0.3 is 0 Å². The Bertz CT molecular complexity index is 935. The van der Waals surface area contributed by atoms with Gasteiger partial charge < -0.3 is 19.0 Å². The molecule has 0 bridgehead atoms. The van der Waals surface area contributed by atoms with Crippen molar-refractivity contribution in [2.75, 3.05) is 12.4 Å². The molecule has 0 saturated heterocycles. The molecule has 0 atom stereocenters. The van der Waals surface area contributed by atoms with E-state index < -0.39 is 5.91 Å². The van der Waals surface area contributed by atoms with E-state index in [1.165, 1.54) is 7.11 Å². The van der Waals surface area contributed by atoms with Crippen molar-refractivity contribution in [1.82, 2.24) is 5.16 Å². The molecule has 0 aliphatic heterocycles. The molecule has 0 radical (unpaired) electrons. The van der Waals surface area contributed by atoms with Crippen LogP contribution in [0.5, 0.6) is 5.75 Å². The number of nitrogens with one attached hydrogen (secondary N) is 1. The summed E-state index contributed by atoms with van der Waals surface area (Å²) in [5.74, 6) is 0.349. The first-order valence-electron chi connectivity index (χ1n) is 6.85. The van der Waals surface area contributed by atoms with Crippen LogP contribution < -0.4 is 15.5 Å². The fraction of sp³-hybridized carbons (Fsp3) is 0.188. The predicted molar refractivity (Wildman–Crippen MR) is 83.0 cm³/mol. The molecule has 3 rings (SSSR count). The first-order valence-corrected chi connectivity index (χ1v) is 6.85. The van der Waals surface area contributed by atoms with Gasteiger partial charge in [0.25, 0.3) is 5.91 Å². The van der Waals surface area contributed by atoms with E-state index >= 15 is 0 Å². The Morgan fingerprint density at radius 2 is 2.04 bits per heavy atom. The number of hydrogen-bond acceptors (Lipinski definition) is 6. The van der Waals surface area contributed by atoms with Crippen LogP contribution in [-0.2, 0) is 0 Å². The van der Waals surface area contributed by atoms with Gasteiger partial charge in [0.1, 0.15) is 22.7 Å². The van der Waals surface area contributed by atoms with Crippen LogP contribution in [0.2, 0.25) is 0 Å². The van der Waals surface area contributed by atoms with Gasteiger partial charge in [-0.25, -0.2) is 0 Å². The van der Waals surface area contributed by atoms with E-state index in [0.717, 1.165) is 6.07 Å². The van der Waals surface area contributed by atoms with Gasteiger partial charge in [-0.15, -0.1) is 0 Å². The van der Waals surface area contributed by atoms with Crippen LogP contribution in [0.15, 0.2) is 38.0 Å². The number of ether oxygens (including phenoxy) is 1. The molecule has 0 saturated carbocycles. The molecule has 0 aliphatic rings. The molecule has 1 aromatic carbocycles. The lowest BCUT2D eigenvalue weighted by molar-refractivity contribution is 0.0997. The average Bonchev–Trinajstić information content (AvgIpc) is 2.86. The number of aryl methyl sites for hydroxylation is 2. The van der Waals surface area contributed by atoms with E-state index in [1.54, 1.807) is 32.0 Å². The monoisotopic (exact) mass is 314 g/mol. The first-order chi connectivity index (χ1) is 11.0. The largest absolute Gasteiger partial charge is 0.497 e. The highest BCUT2D eigenvalue weighted by atomic mass is 16.5. The first kappa shape index (κ1) is 14.8. The van der Waals surface area contributed by atoms with Crippen molar-refractivity contribution < 1.29 is 18.5 Å². The fourth-order valence-corrected chi connectivity index (χ4v) is 2.21. The van der Waals surface area contributed by atoms with Crippen LogP contribution in [0.4, 0.5) is 5.69 Å². The quantitative estimate of drug-likeness (QED) is 0.798. The van der Waals surface area contributed by atoms with Gasteiger partial charge in [0, 0.05) is 12.1 Å². The number of anilines is 1. The van der Waals surface area contributed by atoms with Gasteiger partial charge in [-0.1, -0.05) is 5.16 Å². The minimum Gasteiger partial charge on any atom is -0.497 e. The van der Waals surface area contributed by atoms with Crippen LogP contribution in [0, 0.1) is 13.8 Å². The molecular formula is C16H14N2O5. The van der Waals surface area contributed by atoms with Crippen molar-refractivity contribution in [3.05, 3.63) is 51.7 Å². The van der Waals surface area contributed by atoms with Crippen LogP contribution in [0.3, 0.4) is 0 Å². The summed E-state index contributed by atoms with van der Waals surface area (Å²) in [6.07, 6.45) is 0. The highest BCUT2D eigenvalue weighted by molar-refractivity contribution is 6.03. The van der Waals surface area contributed by atoms with E-state index in [4.69, 9.17) is 13.7 Å². The normalized spacial score (nSPS) is 10.7. The maximum Gasteiger partial charge on any atom is 0.291 e. The molecule has 0 spiro atoms. The Labute approximate surface area is 130 Å². The summed E-state index contributed by atoms with van der Waals surface area (Å²) >= 11 is 0. The van der Waals surface area contributed by atoms with Crippen molar-refractivity contribution in [2.24, 2.45) is 0 Å². The highest BCUT2D eigenvalue weighted by Gasteiger charge is 2.17. The molecule has 3 aromatic rings. The number of amides is 1. The second kappa shape index (κ2) is 5.60. The Morgan fingerprint density at radius 1 is 1.26 bits per heavy atom. The molecule has 7 nitrogen and oxygen atoms in total. The topological polar surface area (TPSA) is 94.6 Å². The minimum absolute atomic E-state index is 0.101. The number of benzene rings is 1. The lowest BCUT2D eigenvalue weighted by Crippen LogP contribution is -2.15. The molecular weight excluding hydrogens is 300 g/mol. The minimum atomic E-state index is -0.554. The molecule has 2 heterocycles. The number of carbonyl (C=O) groups excluding carboxylic acids is 1. The van der Waals surface area contributed by atoms with Crippen molar-refractivity contribution >= 4 is 22.6 Å². The number of carbonyl (C=O) groups is 1. The van der Waals surface area contributed by atoms with Gasteiger partial charge in [-0.2, -0.15) is 0 Å². The smallest absolute Gasteiger partial charge is 0.291 e. The molecule has 1 N–H and O–H groups in total. The second-order valence-corrected chi connectivity index (χ2v) is 4.99. The molecule has 0 fully saturated rings. The van der Waals surface area contributed by atoms with Crippen molar-refractivity contribution in [2.45, 2.75) is 13.8 Å². The molecule has 118 valence electrons. The zero-order chi connectivity index (χ0) is 16.6. The van der Waals surface area contributed by atoms with Crippen LogP contribution >= 0.6 is 0 Å². The Balaban J connectivity index is 2.02. The van der Waals surface area contributed by atoms with Crippen LogP contribution in [0.25, 0.3) is 11.0 Å². The molecule has 2 aromatic heterocycles. The molecule has 7 heteroatoms. The van der Waals surface area contributed by atoms with Crippen molar-refractivity contribution in [3.63, 3.8) is 0 Å². The number of aromatic nitrogens is 1. The van der Waals surface area contributed by atoms with Crippen molar-refractivity contribution in [3.8, 4) is 5.75 Å². The summed E-state index contributed by atoms with van der Waals surface area (Å²) < 4.78 is 15.6. The Morgan fingerprint density at radius 3 is 2.70 bits per heavy atom. The van der Waals surface area contributed by atoms with E-state index in [9.17, 15) is 9.59 Å². The summed E-state index contributed by atoms with van der Waals surface area (Å²) in [5, 5.41) is 6.77. The summed E-state index contributed by atoms with van der Waals surface area (Å²) in [4.78, 5) is 24.5. The van der Waals surface area contributed by atoms with Gasteiger partial charge in [0.05, 0.1) is 12.5 Å². The third-order valence-electron chi connectivity index (χ3n) is 3.43. The maximum atomic E-state index is 12.3. The third-order valence-corrected chi connectivity index (χ3v) is 3.43. The van der Waals surface area contributed by atoms with Gasteiger partial charge in [-0.05, 0) is 26.0 Å². The summed E-state index contributed by atoms with van der Waals surface area (Å²) in [5.41, 5.74) is 0.975. The number of hydrogen-bond donors (Lipinski definition) is 1. The number of nitrogens with zero attached hydrogens (tertiary/aromatic N) is 1. The lowest BCUT2D eigenvalue weighted by Gasteiger charge is -2.06. The van der Waals surface area contributed by atoms with E-state index in [0.29, 0.717) is 28.3 Å². The zero-order valence-corrected chi connectivity index (χ0v) is 12.8. The molecule has 1 amide bonds. The van der Waals surface area contributed by atoms with Gasteiger partial charge in [0.2, 0.25) is 0 Å². The number of rotatable bonds is 3. The number of methoxy groups -OCH3 is 1. The maximum absolute atomic E-state index is 12.3. The average molecular weight is 314 g/mol. The SMILES string of the molecule is COc1ccc2c(=O)cc(C(=O)Nc3c(C)noc3C)oc2c1. The standard InChI is InChI=1S/C16H14N2O5/c1-8-15(9(2)23-18-8)17-16(20)14-7-12(19)11-5-4-10(21-3)6-13(11)22-14/h4-7H,1-3H3,(H,17,20). The van der Waals surface area contributed by atoms with E-state index in [-0.39, 0.29) is 16.8 Å². The Hall–Kier alpha value is -3.09. The second-order valence-electron chi connectivity index (χ2n) is 4.99.